The van der Waals surface area contributed by atoms with Crippen LogP contribution in [-0.2, 0) is 10.0 Å². The number of rotatable bonds is 6. The van der Waals surface area contributed by atoms with Gasteiger partial charge in [0, 0.05) is 18.0 Å². The van der Waals surface area contributed by atoms with Crippen molar-refractivity contribution in [3.05, 3.63) is 65.5 Å². The summed E-state index contributed by atoms with van der Waals surface area (Å²) < 4.78 is 39.8. The number of Topliss-reactive ketones (excluding diaryl/α,β-unsaturated/α-hetero) is 1. The quantitative estimate of drug-likeness (QED) is 0.825. The molecule has 0 unspecified atom stereocenters. The number of hydrogen-bond donors (Lipinski definition) is 1. The summed E-state index contributed by atoms with van der Waals surface area (Å²) in [6.45, 7) is 3.49. The molecule has 0 bridgehead atoms. The first kappa shape index (κ1) is 17.3. The fourth-order valence-electron chi connectivity index (χ4n) is 2.12. The van der Waals surface area contributed by atoms with E-state index in [1.54, 1.807) is 19.1 Å². The Morgan fingerprint density at radius 3 is 2.22 bits per heavy atom. The maximum absolute atomic E-state index is 12.8. The summed E-state index contributed by atoms with van der Waals surface area (Å²) in [5.41, 5.74) is 1.32. The fourth-order valence-corrected chi connectivity index (χ4v) is 3.37. The Morgan fingerprint density at radius 1 is 1.09 bits per heavy atom. The van der Waals surface area contributed by atoms with Crippen LogP contribution in [0.2, 0.25) is 0 Å². The van der Waals surface area contributed by atoms with Crippen LogP contribution in [0.3, 0.4) is 0 Å². The number of nitrogens with one attached hydrogen (secondary N) is 1. The number of benzene rings is 2. The Morgan fingerprint density at radius 2 is 1.65 bits per heavy atom. The van der Waals surface area contributed by atoms with Gasteiger partial charge in [0.15, 0.2) is 5.78 Å². The minimum Gasteiger partial charge on any atom is -0.294 e. The molecule has 122 valence electrons. The molecule has 0 aromatic heterocycles. The third kappa shape index (κ3) is 4.71. The van der Waals surface area contributed by atoms with E-state index >= 15 is 0 Å². The fraction of sp³-hybridized carbons (Fsp3) is 0.235. The number of sulfonamides is 1. The van der Waals surface area contributed by atoms with Crippen LogP contribution in [0.1, 0.15) is 29.3 Å². The molecular formula is C17H18FNO3S. The summed E-state index contributed by atoms with van der Waals surface area (Å²) in [5.74, 6) is -0.668. The van der Waals surface area contributed by atoms with E-state index in [-0.39, 0.29) is 17.1 Å². The zero-order chi connectivity index (χ0) is 17.0. The molecule has 0 saturated carbocycles. The molecule has 0 radical (unpaired) electrons. The molecule has 6 heteroatoms. The first-order valence-electron chi connectivity index (χ1n) is 7.16. The maximum Gasteiger partial charge on any atom is 0.240 e. The minimum atomic E-state index is -3.67. The lowest BCUT2D eigenvalue weighted by Crippen LogP contribution is -2.34. The Labute approximate surface area is 135 Å². The van der Waals surface area contributed by atoms with E-state index in [0.717, 1.165) is 5.56 Å². The molecule has 2 aromatic carbocycles. The first-order chi connectivity index (χ1) is 10.8. The average molecular weight is 335 g/mol. The van der Waals surface area contributed by atoms with Crippen LogP contribution >= 0.6 is 0 Å². The van der Waals surface area contributed by atoms with E-state index in [1.165, 1.54) is 36.4 Å². The van der Waals surface area contributed by atoms with Gasteiger partial charge >= 0.3 is 0 Å². The molecule has 2 rings (SSSR count). The van der Waals surface area contributed by atoms with E-state index in [1.807, 2.05) is 6.92 Å². The molecule has 0 aliphatic rings. The molecule has 0 saturated heterocycles. The van der Waals surface area contributed by atoms with Crippen LogP contribution in [0.4, 0.5) is 4.39 Å². The molecule has 1 atom stereocenters. The summed E-state index contributed by atoms with van der Waals surface area (Å²) >= 11 is 0. The summed E-state index contributed by atoms with van der Waals surface area (Å²) in [4.78, 5) is 12.2. The van der Waals surface area contributed by atoms with Crippen molar-refractivity contribution in [3.8, 4) is 0 Å². The number of hydrogen-bond acceptors (Lipinski definition) is 3. The van der Waals surface area contributed by atoms with Gasteiger partial charge in [-0.05, 0) is 50.2 Å². The highest BCUT2D eigenvalue weighted by atomic mass is 32.2. The number of carbonyl (C=O) groups is 1. The molecule has 1 N–H and O–H groups in total. The topological polar surface area (TPSA) is 63.2 Å². The summed E-state index contributed by atoms with van der Waals surface area (Å²) in [6, 6.07) is 11.1. The Kier molecular flexibility index (Phi) is 5.28. The maximum atomic E-state index is 12.8. The second-order valence-corrected chi connectivity index (χ2v) is 7.18. The molecule has 0 amide bonds. The van der Waals surface area contributed by atoms with E-state index in [2.05, 4.69) is 4.72 Å². The molecule has 23 heavy (non-hydrogen) atoms. The smallest absolute Gasteiger partial charge is 0.240 e. The number of aryl methyl sites for hydroxylation is 1. The van der Waals surface area contributed by atoms with Gasteiger partial charge in [-0.25, -0.2) is 17.5 Å². The zero-order valence-corrected chi connectivity index (χ0v) is 13.7. The molecular weight excluding hydrogens is 317 g/mol. The van der Waals surface area contributed by atoms with Crippen molar-refractivity contribution in [1.82, 2.24) is 4.72 Å². The van der Waals surface area contributed by atoms with Crippen LogP contribution in [0.25, 0.3) is 0 Å². The van der Waals surface area contributed by atoms with Gasteiger partial charge in [-0.2, -0.15) is 0 Å². The summed E-state index contributed by atoms with van der Waals surface area (Å²) in [6.07, 6.45) is -0.00325. The van der Waals surface area contributed by atoms with Crippen LogP contribution < -0.4 is 4.72 Å². The molecule has 0 fully saturated rings. The zero-order valence-electron chi connectivity index (χ0n) is 12.9. The van der Waals surface area contributed by atoms with Crippen molar-refractivity contribution in [3.63, 3.8) is 0 Å². The van der Waals surface area contributed by atoms with Crippen LogP contribution in [-0.4, -0.2) is 20.2 Å². The van der Waals surface area contributed by atoms with Crippen molar-refractivity contribution in [1.29, 1.82) is 0 Å². The lowest BCUT2D eigenvalue weighted by Gasteiger charge is -2.14. The van der Waals surface area contributed by atoms with E-state index in [0.29, 0.717) is 5.56 Å². The third-order valence-corrected chi connectivity index (χ3v) is 4.95. The van der Waals surface area contributed by atoms with Crippen LogP contribution in [0.5, 0.6) is 0 Å². The van der Waals surface area contributed by atoms with Gasteiger partial charge in [0.05, 0.1) is 4.90 Å². The van der Waals surface area contributed by atoms with Crippen molar-refractivity contribution in [2.45, 2.75) is 31.2 Å². The van der Waals surface area contributed by atoms with Crippen molar-refractivity contribution < 1.29 is 17.6 Å². The molecule has 0 aliphatic heterocycles. The van der Waals surface area contributed by atoms with Crippen LogP contribution in [0, 0.1) is 12.7 Å². The molecule has 0 spiro atoms. The normalized spacial score (nSPS) is 12.8. The van der Waals surface area contributed by atoms with Gasteiger partial charge in [0.2, 0.25) is 10.0 Å². The van der Waals surface area contributed by atoms with E-state index in [9.17, 15) is 17.6 Å². The predicted octanol–water partition coefficient (Wildman–Crippen LogP) is 3.07. The average Bonchev–Trinajstić information content (AvgIpc) is 2.47. The Balaban J connectivity index is 2.03. The highest BCUT2D eigenvalue weighted by molar-refractivity contribution is 7.89. The number of ketones is 1. The summed E-state index contributed by atoms with van der Waals surface area (Å²) in [7, 11) is -3.67. The highest BCUT2D eigenvalue weighted by Gasteiger charge is 2.19. The van der Waals surface area contributed by atoms with E-state index < -0.39 is 21.9 Å². The number of carbonyl (C=O) groups excluding carboxylic acids is 1. The van der Waals surface area contributed by atoms with Gasteiger partial charge in [0.25, 0.3) is 0 Å². The second kappa shape index (κ2) is 7.02. The van der Waals surface area contributed by atoms with Gasteiger partial charge in [-0.3, -0.25) is 4.79 Å². The van der Waals surface area contributed by atoms with Crippen LogP contribution in [0.15, 0.2) is 53.4 Å². The van der Waals surface area contributed by atoms with Crippen molar-refractivity contribution in [2.75, 3.05) is 0 Å². The minimum absolute atomic E-state index is 0.00325. The monoisotopic (exact) mass is 335 g/mol. The highest BCUT2D eigenvalue weighted by Crippen LogP contribution is 2.13. The molecule has 4 nitrogen and oxygen atoms in total. The van der Waals surface area contributed by atoms with Crippen molar-refractivity contribution in [2.24, 2.45) is 0 Å². The van der Waals surface area contributed by atoms with Gasteiger partial charge in [0.1, 0.15) is 5.82 Å². The standard InChI is InChI=1S/C17H18FNO3S/c1-12-3-9-16(10-4-12)23(21,22)19-13(2)11-17(20)14-5-7-15(18)8-6-14/h3-10,13,19H,11H2,1-2H3/t13-/m0/s1. The summed E-state index contributed by atoms with van der Waals surface area (Å²) in [5, 5.41) is 0. The number of halogens is 1. The SMILES string of the molecule is Cc1ccc(S(=O)(=O)N[C@@H](C)CC(=O)c2ccc(F)cc2)cc1. The third-order valence-electron chi connectivity index (χ3n) is 3.35. The van der Waals surface area contributed by atoms with E-state index in [4.69, 9.17) is 0 Å². The molecule has 0 aliphatic carbocycles. The van der Waals surface area contributed by atoms with Gasteiger partial charge in [-0.1, -0.05) is 17.7 Å². The first-order valence-corrected chi connectivity index (χ1v) is 8.64. The van der Waals surface area contributed by atoms with Gasteiger partial charge in [-0.15, -0.1) is 0 Å². The lowest BCUT2D eigenvalue weighted by molar-refractivity contribution is 0.0975. The largest absolute Gasteiger partial charge is 0.294 e. The molecule has 2 aromatic rings. The lowest BCUT2D eigenvalue weighted by atomic mass is 10.1. The Bertz CT molecular complexity index is 784. The predicted molar refractivity (Wildman–Crippen MR) is 86.3 cm³/mol. The Hall–Kier alpha value is -2.05. The second-order valence-electron chi connectivity index (χ2n) is 5.47. The molecule has 0 heterocycles. The van der Waals surface area contributed by atoms with Gasteiger partial charge < -0.3 is 0 Å². The van der Waals surface area contributed by atoms with Crippen molar-refractivity contribution >= 4 is 15.8 Å².